The lowest BCUT2D eigenvalue weighted by atomic mass is 9.89. The van der Waals surface area contributed by atoms with Gasteiger partial charge in [-0.2, -0.15) is 0 Å². The van der Waals surface area contributed by atoms with E-state index in [0.29, 0.717) is 18.2 Å². The van der Waals surface area contributed by atoms with Gasteiger partial charge >= 0.3 is 0 Å². The number of aliphatic hydroxyl groups is 1. The van der Waals surface area contributed by atoms with Crippen molar-refractivity contribution in [1.82, 2.24) is 14.0 Å². The molecule has 2 saturated carbocycles. The Bertz CT molecular complexity index is 1450. The fraction of sp³-hybridized carbons (Fsp3) is 0.667. The van der Waals surface area contributed by atoms with E-state index in [0.717, 1.165) is 42.5 Å². The van der Waals surface area contributed by atoms with E-state index in [1.165, 1.54) is 19.3 Å². The summed E-state index contributed by atoms with van der Waals surface area (Å²) in [6, 6.07) is 7.15. The molecule has 4 rings (SSSR count). The molecule has 0 radical (unpaired) electrons. The number of nitrogens with zero attached hydrogens (tertiary/aromatic N) is 1. The molecule has 40 heavy (non-hydrogen) atoms. The second kappa shape index (κ2) is 10.8. The van der Waals surface area contributed by atoms with Crippen molar-refractivity contribution < 1.29 is 21.9 Å². The first-order chi connectivity index (χ1) is 18.3. The maximum Gasteiger partial charge on any atom is 0.242 e. The molecule has 0 unspecified atom stereocenters. The third kappa shape index (κ3) is 7.18. The van der Waals surface area contributed by atoms with E-state index >= 15 is 0 Å². The third-order valence-corrected chi connectivity index (χ3v) is 11.5. The van der Waals surface area contributed by atoms with Crippen LogP contribution in [0.25, 0.3) is 11.3 Å². The van der Waals surface area contributed by atoms with Crippen LogP contribution in [0.5, 0.6) is 0 Å². The summed E-state index contributed by atoms with van der Waals surface area (Å²) in [6.07, 6.45) is 7.59. The SMILES string of the molecule is Cc1c(S(=O)(=O)NCC(C)(C)O)cc(-c2ccc(S(=O)(=O)NC(C)(C)C)c(C3(C)CC3)c2)n1CC1CCCCC1. The van der Waals surface area contributed by atoms with Gasteiger partial charge in [0.1, 0.15) is 4.90 Å². The van der Waals surface area contributed by atoms with Crippen LogP contribution in [0, 0.1) is 12.8 Å². The molecule has 3 N–H and O–H groups in total. The van der Waals surface area contributed by atoms with Gasteiger partial charge in [-0.3, -0.25) is 0 Å². The molecule has 0 amide bonds. The van der Waals surface area contributed by atoms with Gasteiger partial charge in [0.15, 0.2) is 0 Å². The smallest absolute Gasteiger partial charge is 0.242 e. The van der Waals surface area contributed by atoms with E-state index in [9.17, 15) is 21.9 Å². The minimum absolute atomic E-state index is 0.103. The summed E-state index contributed by atoms with van der Waals surface area (Å²) < 4.78 is 61.2. The number of benzene rings is 1. The molecule has 10 heteroatoms. The van der Waals surface area contributed by atoms with E-state index in [2.05, 4.69) is 20.9 Å². The van der Waals surface area contributed by atoms with Crippen molar-refractivity contribution in [1.29, 1.82) is 0 Å². The fourth-order valence-corrected chi connectivity index (χ4v) is 8.88. The summed E-state index contributed by atoms with van der Waals surface area (Å²) in [5.74, 6) is 0.453. The zero-order valence-electron chi connectivity index (χ0n) is 25.1. The Morgan fingerprint density at radius 1 is 0.950 bits per heavy atom. The lowest BCUT2D eigenvalue weighted by Crippen LogP contribution is -2.41. The van der Waals surface area contributed by atoms with Crippen molar-refractivity contribution in [3.05, 3.63) is 35.5 Å². The highest BCUT2D eigenvalue weighted by Crippen LogP contribution is 2.50. The Hall–Kier alpha value is -1.72. The minimum atomic E-state index is -3.89. The Kier molecular flexibility index (Phi) is 8.46. The number of hydrogen-bond donors (Lipinski definition) is 3. The highest BCUT2D eigenvalue weighted by atomic mass is 32.2. The lowest BCUT2D eigenvalue weighted by Gasteiger charge is -2.25. The maximum atomic E-state index is 13.4. The molecule has 0 bridgehead atoms. The standard InChI is InChI=1S/C30H47N3O5S2/c1-21-27(39(35,36)31-20-29(5,6)34)18-25(33(21)19-22-11-9-8-10-12-22)23-13-14-26(24(17-23)30(7)15-16-30)40(37,38)32-28(2,3)4/h13-14,17-18,22,31-32,34H,8-12,15-16,19-20H2,1-7H3. The monoisotopic (exact) mass is 593 g/mol. The highest BCUT2D eigenvalue weighted by Gasteiger charge is 2.43. The topological polar surface area (TPSA) is 118 Å². The number of hydrogen-bond acceptors (Lipinski definition) is 5. The molecular formula is C30H47N3O5S2. The molecule has 0 atom stereocenters. The minimum Gasteiger partial charge on any atom is -0.389 e. The van der Waals surface area contributed by atoms with Gasteiger partial charge in [0.2, 0.25) is 20.0 Å². The van der Waals surface area contributed by atoms with Gasteiger partial charge < -0.3 is 9.67 Å². The van der Waals surface area contributed by atoms with E-state index < -0.39 is 31.2 Å². The quantitative estimate of drug-likeness (QED) is 0.349. The first kappa shape index (κ1) is 31.2. The van der Waals surface area contributed by atoms with Crippen LogP contribution in [0.2, 0.25) is 0 Å². The van der Waals surface area contributed by atoms with Crippen LogP contribution in [0.1, 0.15) is 97.7 Å². The lowest BCUT2D eigenvalue weighted by molar-refractivity contribution is 0.0857. The Balaban J connectivity index is 1.84. The van der Waals surface area contributed by atoms with Crippen LogP contribution in [0.15, 0.2) is 34.1 Å². The molecule has 8 nitrogen and oxygen atoms in total. The molecule has 0 spiro atoms. The summed E-state index contributed by atoms with van der Waals surface area (Å²) in [7, 11) is -7.65. The van der Waals surface area contributed by atoms with Gasteiger partial charge in [-0.15, -0.1) is 0 Å². The molecule has 2 aromatic rings. The van der Waals surface area contributed by atoms with Gasteiger partial charge in [-0.05, 0) is 108 Å². The Labute approximate surface area is 241 Å². The molecular weight excluding hydrogens is 546 g/mol. The largest absolute Gasteiger partial charge is 0.389 e. The van der Waals surface area contributed by atoms with Gasteiger partial charge in [-0.1, -0.05) is 32.3 Å². The Morgan fingerprint density at radius 3 is 2.12 bits per heavy atom. The summed E-state index contributed by atoms with van der Waals surface area (Å²) in [4.78, 5) is 0.473. The van der Waals surface area contributed by atoms with Crippen molar-refractivity contribution in [2.24, 2.45) is 5.92 Å². The average Bonchev–Trinajstić information content (AvgIpc) is 3.50. The third-order valence-electron chi connectivity index (χ3n) is 8.13. The molecule has 2 fully saturated rings. The molecule has 1 aromatic carbocycles. The summed E-state index contributed by atoms with van der Waals surface area (Å²) in [5.41, 5.74) is 0.946. The van der Waals surface area contributed by atoms with Crippen molar-refractivity contribution in [3.63, 3.8) is 0 Å². The summed E-state index contributed by atoms with van der Waals surface area (Å²) in [6.45, 7) is 13.1. The Morgan fingerprint density at radius 2 is 1.57 bits per heavy atom. The van der Waals surface area contributed by atoms with Crippen LogP contribution >= 0.6 is 0 Å². The predicted octanol–water partition coefficient (Wildman–Crippen LogP) is 5.22. The van der Waals surface area contributed by atoms with Gasteiger partial charge in [0.05, 0.1) is 10.5 Å². The van der Waals surface area contributed by atoms with E-state index in [1.54, 1.807) is 32.0 Å². The molecule has 2 aliphatic rings. The molecule has 1 heterocycles. The van der Waals surface area contributed by atoms with Crippen LogP contribution in [-0.4, -0.2) is 44.2 Å². The van der Waals surface area contributed by atoms with Crippen LogP contribution in [-0.2, 0) is 32.0 Å². The normalized spacial score (nSPS) is 18.7. The molecule has 0 aliphatic heterocycles. The fourth-order valence-electron chi connectivity index (χ4n) is 5.65. The highest BCUT2D eigenvalue weighted by molar-refractivity contribution is 7.89. The summed E-state index contributed by atoms with van der Waals surface area (Å²) >= 11 is 0. The zero-order chi connectivity index (χ0) is 29.7. The predicted molar refractivity (Wildman–Crippen MR) is 159 cm³/mol. The maximum absolute atomic E-state index is 13.4. The van der Waals surface area contributed by atoms with E-state index in [1.807, 2.05) is 33.8 Å². The zero-order valence-corrected chi connectivity index (χ0v) is 26.7. The molecule has 1 aromatic heterocycles. The van der Waals surface area contributed by atoms with Crippen molar-refractivity contribution in [2.75, 3.05) is 6.54 Å². The van der Waals surface area contributed by atoms with Crippen molar-refractivity contribution in [2.45, 2.75) is 126 Å². The number of aromatic nitrogens is 1. The van der Waals surface area contributed by atoms with Crippen LogP contribution < -0.4 is 9.44 Å². The average molecular weight is 594 g/mol. The van der Waals surface area contributed by atoms with Crippen molar-refractivity contribution >= 4 is 20.0 Å². The molecule has 224 valence electrons. The van der Waals surface area contributed by atoms with Crippen LogP contribution in [0.3, 0.4) is 0 Å². The van der Waals surface area contributed by atoms with Crippen molar-refractivity contribution in [3.8, 4) is 11.3 Å². The van der Waals surface area contributed by atoms with E-state index in [4.69, 9.17) is 0 Å². The first-order valence-electron chi connectivity index (χ1n) is 14.4. The van der Waals surface area contributed by atoms with Gasteiger partial charge in [-0.25, -0.2) is 26.3 Å². The number of rotatable bonds is 10. The molecule has 0 saturated heterocycles. The van der Waals surface area contributed by atoms with Gasteiger partial charge in [0.25, 0.3) is 0 Å². The summed E-state index contributed by atoms with van der Waals surface area (Å²) in [5, 5.41) is 10.1. The number of nitrogens with one attached hydrogen (secondary N) is 2. The second-order valence-electron chi connectivity index (χ2n) is 13.9. The van der Waals surface area contributed by atoms with Crippen LogP contribution in [0.4, 0.5) is 0 Å². The number of sulfonamides is 2. The van der Waals surface area contributed by atoms with Gasteiger partial charge in [0, 0.05) is 30.0 Å². The second-order valence-corrected chi connectivity index (χ2v) is 17.2. The first-order valence-corrected chi connectivity index (χ1v) is 17.4. The molecule has 2 aliphatic carbocycles. The van der Waals surface area contributed by atoms with E-state index in [-0.39, 0.29) is 21.8 Å².